The zero-order chi connectivity index (χ0) is 12.5. The fourth-order valence-electron chi connectivity index (χ4n) is 2.68. The number of carbonyl (C=O) groups is 1. The SMILES string of the molecule is Cl.NC1CCCN(C(=O)c2ccc3c(c2)COC3)C1. The van der Waals surface area contributed by atoms with Crippen LogP contribution in [0.1, 0.15) is 34.3 Å². The molecule has 2 heterocycles. The molecule has 0 saturated carbocycles. The standard InChI is InChI=1S/C14H18N2O2.ClH/c15-13-2-1-5-16(7-13)14(17)10-3-4-11-8-18-9-12(11)6-10;/h3-4,6,13H,1-2,5,7-9,15H2;1H. The van der Waals surface area contributed by atoms with E-state index in [2.05, 4.69) is 0 Å². The lowest BCUT2D eigenvalue weighted by Crippen LogP contribution is -2.45. The summed E-state index contributed by atoms with van der Waals surface area (Å²) in [6.45, 7) is 2.78. The molecule has 1 aromatic rings. The number of hydrogen-bond acceptors (Lipinski definition) is 3. The third-order valence-electron chi connectivity index (χ3n) is 3.71. The van der Waals surface area contributed by atoms with E-state index >= 15 is 0 Å². The molecule has 0 radical (unpaired) electrons. The van der Waals surface area contributed by atoms with Gasteiger partial charge in [0.25, 0.3) is 5.91 Å². The molecular weight excluding hydrogens is 264 g/mol. The first-order valence-corrected chi connectivity index (χ1v) is 6.48. The minimum atomic E-state index is 0. The number of benzene rings is 1. The van der Waals surface area contributed by atoms with Crippen molar-refractivity contribution in [2.45, 2.75) is 32.1 Å². The van der Waals surface area contributed by atoms with Crippen molar-refractivity contribution in [3.8, 4) is 0 Å². The maximum Gasteiger partial charge on any atom is 0.253 e. The molecule has 0 bridgehead atoms. The molecule has 2 aliphatic heterocycles. The van der Waals surface area contributed by atoms with Gasteiger partial charge in [-0.1, -0.05) is 6.07 Å². The normalized spacial score (nSPS) is 21.7. The first-order chi connectivity index (χ1) is 8.74. The van der Waals surface area contributed by atoms with Crippen LogP contribution in [0, 0.1) is 0 Å². The van der Waals surface area contributed by atoms with Gasteiger partial charge in [-0.25, -0.2) is 0 Å². The summed E-state index contributed by atoms with van der Waals surface area (Å²) in [5, 5.41) is 0. The predicted molar refractivity (Wildman–Crippen MR) is 75.3 cm³/mol. The summed E-state index contributed by atoms with van der Waals surface area (Å²) < 4.78 is 5.37. The van der Waals surface area contributed by atoms with Gasteiger partial charge in [-0.05, 0) is 36.1 Å². The Morgan fingerprint density at radius 1 is 1.32 bits per heavy atom. The molecule has 19 heavy (non-hydrogen) atoms. The Balaban J connectivity index is 0.00000133. The number of fused-ring (bicyclic) bond motifs is 1. The van der Waals surface area contributed by atoms with E-state index in [1.165, 1.54) is 5.56 Å². The van der Waals surface area contributed by atoms with Gasteiger partial charge in [-0.3, -0.25) is 4.79 Å². The van der Waals surface area contributed by atoms with Crippen LogP contribution in [0.3, 0.4) is 0 Å². The second-order valence-electron chi connectivity index (χ2n) is 5.13. The quantitative estimate of drug-likeness (QED) is 0.853. The number of nitrogens with two attached hydrogens (primary N) is 1. The minimum Gasteiger partial charge on any atom is -0.372 e. The summed E-state index contributed by atoms with van der Waals surface area (Å²) in [6, 6.07) is 5.99. The van der Waals surface area contributed by atoms with Crippen molar-refractivity contribution in [2.24, 2.45) is 5.73 Å². The van der Waals surface area contributed by atoms with E-state index in [-0.39, 0.29) is 24.4 Å². The number of ether oxygens (including phenoxy) is 1. The van der Waals surface area contributed by atoms with E-state index in [0.29, 0.717) is 19.8 Å². The molecule has 3 rings (SSSR count). The zero-order valence-corrected chi connectivity index (χ0v) is 11.6. The highest BCUT2D eigenvalue weighted by Crippen LogP contribution is 2.22. The summed E-state index contributed by atoms with van der Waals surface area (Å²) in [7, 11) is 0. The molecule has 4 nitrogen and oxygen atoms in total. The number of likely N-dealkylation sites (tertiary alicyclic amines) is 1. The number of amides is 1. The smallest absolute Gasteiger partial charge is 0.253 e. The number of rotatable bonds is 1. The highest BCUT2D eigenvalue weighted by atomic mass is 35.5. The van der Waals surface area contributed by atoms with Crippen LogP contribution in [-0.4, -0.2) is 29.9 Å². The zero-order valence-electron chi connectivity index (χ0n) is 10.8. The van der Waals surface area contributed by atoms with Crippen LogP contribution < -0.4 is 5.73 Å². The van der Waals surface area contributed by atoms with Crippen LogP contribution >= 0.6 is 12.4 Å². The molecule has 1 fully saturated rings. The molecule has 104 valence electrons. The molecule has 2 aliphatic rings. The molecule has 0 aliphatic carbocycles. The highest BCUT2D eigenvalue weighted by molar-refractivity contribution is 5.94. The highest BCUT2D eigenvalue weighted by Gasteiger charge is 2.23. The Hall–Kier alpha value is -1.10. The lowest BCUT2D eigenvalue weighted by atomic mass is 10.0. The Kier molecular flexibility index (Phi) is 4.45. The van der Waals surface area contributed by atoms with Crippen molar-refractivity contribution in [1.29, 1.82) is 0 Å². The molecule has 1 aromatic carbocycles. The lowest BCUT2D eigenvalue weighted by molar-refractivity contribution is 0.0708. The summed E-state index contributed by atoms with van der Waals surface area (Å²) in [4.78, 5) is 14.2. The van der Waals surface area contributed by atoms with Gasteiger partial charge in [0.05, 0.1) is 13.2 Å². The second-order valence-corrected chi connectivity index (χ2v) is 5.13. The van der Waals surface area contributed by atoms with Crippen LogP contribution in [0.25, 0.3) is 0 Å². The summed E-state index contributed by atoms with van der Waals surface area (Å²) in [5.74, 6) is 0.0971. The fourth-order valence-corrected chi connectivity index (χ4v) is 2.68. The third kappa shape index (κ3) is 2.91. The molecule has 0 spiro atoms. The number of halogens is 1. The minimum absolute atomic E-state index is 0. The van der Waals surface area contributed by atoms with Crippen molar-refractivity contribution < 1.29 is 9.53 Å². The van der Waals surface area contributed by atoms with E-state index in [9.17, 15) is 4.79 Å². The predicted octanol–water partition coefficient (Wildman–Crippen LogP) is 1.70. The van der Waals surface area contributed by atoms with E-state index in [0.717, 1.165) is 30.5 Å². The van der Waals surface area contributed by atoms with Crippen molar-refractivity contribution in [1.82, 2.24) is 4.90 Å². The van der Waals surface area contributed by atoms with Crippen LogP contribution in [0.15, 0.2) is 18.2 Å². The van der Waals surface area contributed by atoms with Gasteiger partial charge < -0.3 is 15.4 Å². The Labute approximate surface area is 119 Å². The van der Waals surface area contributed by atoms with Gasteiger partial charge in [0.1, 0.15) is 0 Å². The average Bonchev–Trinajstić information content (AvgIpc) is 2.85. The Bertz CT molecular complexity index is 479. The lowest BCUT2D eigenvalue weighted by Gasteiger charge is -2.30. The summed E-state index contributed by atoms with van der Waals surface area (Å²) in [5.41, 5.74) is 9.01. The molecule has 1 amide bonds. The Morgan fingerprint density at radius 2 is 2.11 bits per heavy atom. The molecule has 1 unspecified atom stereocenters. The summed E-state index contributed by atoms with van der Waals surface area (Å²) in [6.07, 6.45) is 2.02. The van der Waals surface area contributed by atoms with Gasteiger partial charge >= 0.3 is 0 Å². The number of hydrogen-bond donors (Lipinski definition) is 1. The van der Waals surface area contributed by atoms with Crippen molar-refractivity contribution in [2.75, 3.05) is 13.1 Å². The van der Waals surface area contributed by atoms with Crippen LogP contribution in [-0.2, 0) is 18.0 Å². The molecule has 5 heteroatoms. The Morgan fingerprint density at radius 3 is 2.89 bits per heavy atom. The van der Waals surface area contributed by atoms with E-state index in [1.54, 1.807) is 0 Å². The number of carbonyl (C=O) groups excluding carboxylic acids is 1. The van der Waals surface area contributed by atoms with Gasteiger partial charge in [0.15, 0.2) is 0 Å². The molecule has 2 N–H and O–H groups in total. The number of piperidine rings is 1. The average molecular weight is 283 g/mol. The second kappa shape index (κ2) is 5.90. The van der Waals surface area contributed by atoms with Gasteiger partial charge in [0.2, 0.25) is 0 Å². The van der Waals surface area contributed by atoms with Crippen molar-refractivity contribution in [3.05, 3.63) is 34.9 Å². The van der Waals surface area contributed by atoms with Crippen LogP contribution in [0.4, 0.5) is 0 Å². The molecule has 0 aromatic heterocycles. The van der Waals surface area contributed by atoms with Crippen molar-refractivity contribution >= 4 is 18.3 Å². The monoisotopic (exact) mass is 282 g/mol. The van der Waals surface area contributed by atoms with Crippen molar-refractivity contribution in [3.63, 3.8) is 0 Å². The molecule has 1 saturated heterocycles. The maximum atomic E-state index is 12.4. The number of nitrogens with zero attached hydrogens (tertiary/aromatic N) is 1. The fraction of sp³-hybridized carbons (Fsp3) is 0.500. The van der Waals surface area contributed by atoms with E-state index in [1.807, 2.05) is 23.1 Å². The summed E-state index contributed by atoms with van der Waals surface area (Å²) >= 11 is 0. The maximum absolute atomic E-state index is 12.4. The van der Waals surface area contributed by atoms with Crippen LogP contribution in [0.5, 0.6) is 0 Å². The molecule has 1 atom stereocenters. The van der Waals surface area contributed by atoms with Gasteiger partial charge in [0, 0.05) is 24.7 Å². The first-order valence-electron chi connectivity index (χ1n) is 6.48. The first kappa shape index (κ1) is 14.3. The topological polar surface area (TPSA) is 55.6 Å². The van der Waals surface area contributed by atoms with Crippen LogP contribution in [0.2, 0.25) is 0 Å². The van der Waals surface area contributed by atoms with Gasteiger partial charge in [-0.15, -0.1) is 12.4 Å². The molecular formula is C14H19ClN2O2. The third-order valence-corrected chi connectivity index (χ3v) is 3.71. The van der Waals surface area contributed by atoms with E-state index < -0.39 is 0 Å². The van der Waals surface area contributed by atoms with E-state index in [4.69, 9.17) is 10.5 Å². The van der Waals surface area contributed by atoms with Gasteiger partial charge in [-0.2, -0.15) is 0 Å². The largest absolute Gasteiger partial charge is 0.372 e.